The number of anilines is 2. The lowest BCUT2D eigenvalue weighted by molar-refractivity contribution is -0.383. The van der Waals surface area contributed by atoms with E-state index in [0.29, 0.717) is 35.1 Å². The Hall–Kier alpha value is -2.60. The Morgan fingerprint density at radius 3 is 2.28 bits per heavy atom. The smallest absolute Gasteiger partial charge is 0.293 e. The van der Waals surface area contributed by atoms with Crippen LogP contribution in [0.25, 0.3) is 0 Å². The molecule has 6 nitrogen and oxygen atoms in total. The van der Waals surface area contributed by atoms with Crippen LogP contribution < -0.4 is 5.32 Å². The first-order valence-electron chi connectivity index (χ1n) is 10.1. The summed E-state index contributed by atoms with van der Waals surface area (Å²) >= 11 is 5.94. The summed E-state index contributed by atoms with van der Waals surface area (Å²) < 4.78 is 0. The maximum absolute atomic E-state index is 12.6. The summed E-state index contributed by atoms with van der Waals surface area (Å²) in [7, 11) is 0. The van der Waals surface area contributed by atoms with Crippen LogP contribution in [0, 0.1) is 10.1 Å². The molecule has 0 spiro atoms. The first-order valence-corrected chi connectivity index (χ1v) is 10.5. The van der Waals surface area contributed by atoms with Gasteiger partial charge >= 0.3 is 0 Å². The predicted molar refractivity (Wildman–Crippen MR) is 120 cm³/mol. The minimum Gasteiger partial charge on any atom is -0.350 e. The van der Waals surface area contributed by atoms with E-state index in [9.17, 15) is 14.9 Å². The van der Waals surface area contributed by atoms with Crippen LogP contribution in [0.15, 0.2) is 42.5 Å². The highest BCUT2D eigenvalue weighted by atomic mass is 35.5. The molecule has 7 heteroatoms. The number of nitro groups is 1. The fraction of sp³-hybridized carbons (Fsp3) is 0.409. The molecule has 2 aromatic rings. The average Bonchev–Trinajstić information content (AvgIpc) is 2.77. The average molecular weight is 420 g/mol. The van der Waals surface area contributed by atoms with Crippen molar-refractivity contribution in [3.8, 4) is 0 Å². The Morgan fingerprint density at radius 2 is 1.69 bits per heavy atom. The summed E-state index contributed by atoms with van der Waals surface area (Å²) in [5.74, 6) is -0.155. The Morgan fingerprint density at radius 1 is 1.03 bits per heavy atom. The topological polar surface area (TPSA) is 75.5 Å². The van der Waals surface area contributed by atoms with Gasteiger partial charge in [0, 0.05) is 35.4 Å². The van der Waals surface area contributed by atoms with E-state index in [4.69, 9.17) is 11.6 Å². The van der Waals surface area contributed by atoms with Gasteiger partial charge in [-0.3, -0.25) is 14.9 Å². The fourth-order valence-corrected chi connectivity index (χ4v) is 3.11. The highest BCUT2D eigenvalue weighted by Gasteiger charge is 2.22. The normalized spacial score (nSPS) is 12.7. The van der Waals surface area contributed by atoms with Crippen LogP contribution in [0.2, 0.25) is 5.02 Å². The number of nitrogens with zero attached hydrogens (tertiary/aromatic N) is 2. The first-order chi connectivity index (χ1) is 14.0. The summed E-state index contributed by atoms with van der Waals surface area (Å²) in [6.07, 6.45) is 3.07. The van der Waals surface area contributed by atoms with Gasteiger partial charge in [-0.15, -0.1) is 0 Å². The summed E-state index contributed by atoms with van der Waals surface area (Å²) in [5, 5.41) is 15.0. The standard InChI is InChI=1S/C18H18ClN3O3.2C2H6/c19-14-5-4-6-15(12-14)20-16-8-7-13(11-17(16)22(24)25)18(23)21-9-2-1-3-10-21;2*1-2/h4-8,11-12,20H,1-3,9-10H2;2*1-2H3. The Labute approximate surface area is 178 Å². The third kappa shape index (κ3) is 7.06. The van der Waals surface area contributed by atoms with Gasteiger partial charge in [0.1, 0.15) is 5.69 Å². The van der Waals surface area contributed by atoms with Gasteiger partial charge in [0.2, 0.25) is 0 Å². The van der Waals surface area contributed by atoms with Crippen molar-refractivity contribution in [3.05, 3.63) is 63.2 Å². The zero-order chi connectivity index (χ0) is 21.8. The number of nitrogens with one attached hydrogen (secondary N) is 1. The quantitative estimate of drug-likeness (QED) is 0.443. The molecule has 0 aliphatic carbocycles. The molecule has 1 N–H and O–H groups in total. The van der Waals surface area contributed by atoms with Crippen molar-refractivity contribution in [2.75, 3.05) is 18.4 Å². The Bertz CT molecular complexity index is 806. The highest BCUT2D eigenvalue weighted by Crippen LogP contribution is 2.30. The Kier molecular flexibility index (Phi) is 10.8. The van der Waals surface area contributed by atoms with Gasteiger partial charge in [0.05, 0.1) is 4.92 Å². The lowest BCUT2D eigenvalue weighted by atomic mass is 10.1. The molecule has 158 valence electrons. The molecule has 0 bridgehead atoms. The molecule has 1 fully saturated rings. The van der Waals surface area contributed by atoms with Crippen molar-refractivity contribution in [3.63, 3.8) is 0 Å². The van der Waals surface area contributed by atoms with Crippen molar-refractivity contribution in [2.24, 2.45) is 0 Å². The summed E-state index contributed by atoms with van der Waals surface area (Å²) in [6.45, 7) is 9.41. The van der Waals surface area contributed by atoms with Crippen molar-refractivity contribution in [1.82, 2.24) is 4.90 Å². The lowest BCUT2D eigenvalue weighted by Crippen LogP contribution is -2.35. The van der Waals surface area contributed by atoms with Crippen LogP contribution in [0.4, 0.5) is 17.1 Å². The minimum absolute atomic E-state index is 0.136. The number of rotatable bonds is 4. The van der Waals surface area contributed by atoms with E-state index in [0.717, 1.165) is 19.3 Å². The molecule has 1 heterocycles. The number of carbonyl (C=O) groups excluding carboxylic acids is 1. The van der Waals surface area contributed by atoms with Gasteiger partial charge in [0.25, 0.3) is 11.6 Å². The van der Waals surface area contributed by atoms with E-state index < -0.39 is 4.92 Å². The van der Waals surface area contributed by atoms with Gasteiger partial charge in [-0.2, -0.15) is 0 Å². The molecule has 1 aliphatic heterocycles. The summed E-state index contributed by atoms with van der Waals surface area (Å²) in [6, 6.07) is 11.4. The van der Waals surface area contributed by atoms with Crippen LogP contribution in [0.3, 0.4) is 0 Å². The van der Waals surface area contributed by atoms with E-state index >= 15 is 0 Å². The first kappa shape index (κ1) is 24.4. The van der Waals surface area contributed by atoms with Gasteiger partial charge in [-0.1, -0.05) is 45.4 Å². The van der Waals surface area contributed by atoms with E-state index in [1.54, 1.807) is 41.3 Å². The summed E-state index contributed by atoms with van der Waals surface area (Å²) in [4.78, 5) is 25.3. The number of amides is 1. The molecule has 0 unspecified atom stereocenters. The molecule has 3 rings (SSSR count). The fourth-order valence-electron chi connectivity index (χ4n) is 2.92. The lowest BCUT2D eigenvalue weighted by Gasteiger charge is -2.26. The number of piperidine rings is 1. The number of carbonyl (C=O) groups is 1. The molecule has 0 radical (unpaired) electrons. The molecule has 1 amide bonds. The minimum atomic E-state index is -0.486. The number of hydrogen-bond donors (Lipinski definition) is 1. The molecule has 1 saturated heterocycles. The molecular weight excluding hydrogens is 390 g/mol. The monoisotopic (exact) mass is 419 g/mol. The molecule has 29 heavy (non-hydrogen) atoms. The number of benzene rings is 2. The summed E-state index contributed by atoms with van der Waals surface area (Å²) in [5.41, 5.74) is 1.17. The maximum Gasteiger partial charge on any atom is 0.293 e. The van der Waals surface area contributed by atoms with E-state index in [2.05, 4.69) is 5.32 Å². The van der Waals surface area contributed by atoms with Crippen molar-refractivity contribution in [1.29, 1.82) is 0 Å². The number of hydrogen-bond acceptors (Lipinski definition) is 4. The van der Waals surface area contributed by atoms with Crippen molar-refractivity contribution in [2.45, 2.75) is 47.0 Å². The molecule has 0 aromatic heterocycles. The number of likely N-dealkylation sites (tertiary alicyclic amines) is 1. The second-order valence-electron chi connectivity index (χ2n) is 5.98. The molecule has 1 aliphatic rings. The number of halogens is 1. The molecule has 0 atom stereocenters. The van der Waals surface area contributed by atoms with Gasteiger partial charge in [-0.05, 0) is 49.6 Å². The van der Waals surface area contributed by atoms with Crippen LogP contribution >= 0.6 is 11.6 Å². The van der Waals surface area contributed by atoms with Gasteiger partial charge in [-0.25, -0.2) is 0 Å². The highest BCUT2D eigenvalue weighted by molar-refractivity contribution is 6.30. The Balaban J connectivity index is 0.000000989. The largest absolute Gasteiger partial charge is 0.350 e. The van der Waals surface area contributed by atoms with E-state index in [1.165, 1.54) is 6.07 Å². The predicted octanol–water partition coefficient (Wildman–Crippen LogP) is 6.67. The third-order valence-corrected chi connectivity index (χ3v) is 4.42. The van der Waals surface area contributed by atoms with Gasteiger partial charge < -0.3 is 10.2 Å². The van der Waals surface area contributed by atoms with Crippen LogP contribution in [-0.4, -0.2) is 28.8 Å². The molecule has 2 aromatic carbocycles. The number of nitro benzene ring substituents is 1. The van der Waals surface area contributed by atoms with E-state index in [-0.39, 0.29) is 11.6 Å². The second-order valence-corrected chi connectivity index (χ2v) is 6.41. The molecule has 0 saturated carbocycles. The van der Waals surface area contributed by atoms with E-state index in [1.807, 2.05) is 27.7 Å². The third-order valence-electron chi connectivity index (χ3n) is 4.19. The SMILES string of the molecule is CC.CC.O=C(c1ccc(Nc2cccc(Cl)c2)c([N+](=O)[O-])c1)N1CCCCC1. The second kappa shape index (κ2) is 12.8. The zero-order valence-corrected chi connectivity index (χ0v) is 18.3. The van der Waals surface area contributed by atoms with Crippen molar-refractivity contribution >= 4 is 34.6 Å². The van der Waals surface area contributed by atoms with Crippen LogP contribution in [0.1, 0.15) is 57.3 Å². The molecular formula is C22H30ClN3O3. The van der Waals surface area contributed by atoms with Crippen LogP contribution in [-0.2, 0) is 0 Å². The van der Waals surface area contributed by atoms with Crippen LogP contribution in [0.5, 0.6) is 0 Å². The van der Waals surface area contributed by atoms with Gasteiger partial charge in [0.15, 0.2) is 0 Å². The van der Waals surface area contributed by atoms with Crippen molar-refractivity contribution < 1.29 is 9.72 Å². The zero-order valence-electron chi connectivity index (χ0n) is 17.6. The maximum atomic E-state index is 12.6.